The molecule has 26 heavy (non-hydrogen) atoms. The molecule has 0 saturated carbocycles. The van der Waals surface area contributed by atoms with Gasteiger partial charge in [-0.1, -0.05) is 12.1 Å². The Morgan fingerprint density at radius 2 is 2.04 bits per heavy atom. The molecule has 4 rings (SSSR count). The zero-order valence-corrected chi connectivity index (χ0v) is 15.0. The van der Waals surface area contributed by atoms with Crippen LogP contribution in [0.2, 0.25) is 0 Å². The van der Waals surface area contributed by atoms with Crippen LogP contribution in [0.3, 0.4) is 0 Å². The van der Waals surface area contributed by atoms with Crippen LogP contribution in [-0.2, 0) is 17.8 Å². The number of carbonyl (C=O) groups is 1. The number of aromatic nitrogens is 5. The first-order valence-corrected chi connectivity index (χ1v) is 8.84. The minimum atomic E-state index is 0.0131. The van der Waals surface area contributed by atoms with Crippen molar-refractivity contribution in [1.82, 2.24) is 29.2 Å². The maximum Gasteiger partial charge on any atom is 0.226 e. The van der Waals surface area contributed by atoms with Crippen LogP contribution in [0.15, 0.2) is 49.4 Å². The lowest BCUT2D eigenvalue weighted by Gasteiger charge is -2.31. The van der Waals surface area contributed by atoms with Crippen molar-refractivity contribution in [2.24, 2.45) is 5.92 Å². The van der Waals surface area contributed by atoms with Crippen LogP contribution >= 0.6 is 0 Å². The number of nitrogens with zero attached hydrogens (tertiary/aromatic N) is 6. The van der Waals surface area contributed by atoms with Gasteiger partial charge in [-0.25, -0.2) is 14.6 Å². The lowest BCUT2D eigenvalue weighted by Crippen LogP contribution is -2.38. The van der Waals surface area contributed by atoms with Crippen molar-refractivity contribution in [3.8, 4) is 5.69 Å². The molecule has 3 heterocycles. The predicted octanol–water partition coefficient (Wildman–Crippen LogP) is 2.25. The molecule has 0 fully saturated rings. The van der Waals surface area contributed by atoms with Gasteiger partial charge >= 0.3 is 0 Å². The molecule has 1 amide bonds. The lowest BCUT2D eigenvalue weighted by atomic mass is 9.94. The molecule has 1 aromatic carbocycles. The van der Waals surface area contributed by atoms with E-state index in [1.165, 1.54) is 6.33 Å². The van der Waals surface area contributed by atoms with E-state index in [1.807, 2.05) is 48.7 Å². The van der Waals surface area contributed by atoms with Crippen molar-refractivity contribution < 1.29 is 4.79 Å². The van der Waals surface area contributed by atoms with Crippen molar-refractivity contribution in [1.29, 1.82) is 0 Å². The average molecular weight is 350 g/mol. The Labute approximate surface area is 152 Å². The minimum Gasteiger partial charge on any atom is -0.339 e. The fraction of sp³-hybridized carbons (Fsp3) is 0.368. The molecule has 1 aliphatic heterocycles. The Morgan fingerprint density at radius 3 is 2.77 bits per heavy atom. The van der Waals surface area contributed by atoms with Crippen molar-refractivity contribution in [3.63, 3.8) is 0 Å². The van der Waals surface area contributed by atoms with Gasteiger partial charge in [-0.2, -0.15) is 5.10 Å². The molecular weight excluding hydrogens is 328 g/mol. The van der Waals surface area contributed by atoms with E-state index >= 15 is 0 Å². The van der Waals surface area contributed by atoms with Crippen LogP contribution in [0.5, 0.6) is 0 Å². The minimum absolute atomic E-state index is 0.0131. The molecule has 0 radical (unpaired) electrons. The molecule has 0 bridgehead atoms. The van der Waals surface area contributed by atoms with E-state index in [1.54, 1.807) is 11.0 Å². The Balaban J connectivity index is 1.45. The van der Waals surface area contributed by atoms with Gasteiger partial charge in [0.05, 0.1) is 18.1 Å². The summed E-state index contributed by atoms with van der Waals surface area (Å²) in [6.07, 6.45) is 8.53. The molecule has 7 nitrogen and oxygen atoms in total. The fourth-order valence-electron chi connectivity index (χ4n) is 3.53. The summed E-state index contributed by atoms with van der Waals surface area (Å²) in [5.41, 5.74) is 3.20. The first-order valence-electron chi connectivity index (χ1n) is 8.84. The SMILES string of the molecule is CC(c1ccc(-n2cncn2)cc1)N(C)C(=O)C1CCn2cncc2C1. The normalized spacial score (nSPS) is 17.5. The van der Waals surface area contributed by atoms with Crippen molar-refractivity contribution in [2.75, 3.05) is 7.05 Å². The van der Waals surface area contributed by atoms with Gasteiger partial charge in [-0.15, -0.1) is 0 Å². The van der Waals surface area contributed by atoms with E-state index in [-0.39, 0.29) is 17.9 Å². The second-order valence-electron chi connectivity index (χ2n) is 6.82. The number of hydrogen-bond acceptors (Lipinski definition) is 4. The van der Waals surface area contributed by atoms with Crippen LogP contribution in [-0.4, -0.2) is 42.2 Å². The van der Waals surface area contributed by atoms with E-state index in [4.69, 9.17) is 0 Å². The number of aryl methyl sites for hydroxylation is 1. The molecule has 1 aliphatic rings. The summed E-state index contributed by atoms with van der Waals surface area (Å²) >= 11 is 0. The van der Waals surface area contributed by atoms with Crippen LogP contribution in [0, 0.1) is 5.92 Å². The van der Waals surface area contributed by atoms with Crippen molar-refractivity contribution in [3.05, 3.63) is 60.7 Å². The predicted molar refractivity (Wildman–Crippen MR) is 96.6 cm³/mol. The van der Waals surface area contributed by atoms with Crippen molar-refractivity contribution >= 4 is 5.91 Å². The van der Waals surface area contributed by atoms with E-state index in [2.05, 4.69) is 26.6 Å². The van der Waals surface area contributed by atoms with E-state index < -0.39 is 0 Å². The van der Waals surface area contributed by atoms with Gasteiger partial charge in [-0.3, -0.25) is 4.79 Å². The molecule has 0 spiro atoms. The maximum absolute atomic E-state index is 13.0. The highest BCUT2D eigenvalue weighted by Crippen LogP contribution is 2.26. The summed E-state index contributed by atoms with van der Waals surface area (Å²) in [4.78, 5) is 23.0. The summed E-state index contributed by atoms with van der Waals surface area (Å²) in [7, 11) is 1.89. The summed E-state index contributed by atoms with van der Waals surface area (Å²) in [6.45, 7) is 2.93. The van der Waals surface area contributed by atoms with Crippen LogP contribution < -0.4 is 0 Å². The molecule has 0 aliphatic carbocycles. The van der Waals surface area contributed by atoms with Crippen LogP contribution in [0.1, 0.15) is 30.6 Å². The van der Waals surface area contributed by atoms with E-state index in [0.29, 0.717) is 0 Å². The van der Waals surface area contributed by atoms with Gasteiger partial charge in [0, 0.05) is 37.8 Å². The van der Waals surface area contributed by atoms with Crippen LogP contribution in [0.4, 0.5) is 0 Å². The number of rotatable bonds is 4. The largest absolute Gasteiger partial charge is 0.339 e. The topological polar surface area (TPSA) is 68.8 Å². The standard InChI is InChI=1S/C19H22N6O/c1-14(15-3-5-17(6-4-15)25-13-21-11-22-25)23(2)19(26)16-7-8-24-12-20-10-18(24)9-16/h3-6,10-14,16H,7-9H2,1-2H3. The Bertz CT molecular complexity index is 883. The zero-order chi connectivity index (χ0) is 18.1. The first kappa shape index (κ1) is 16.5. The summed E-state index contributed by atoms with van der Waals surface area (Å²) in [5, 5.41) is 4.13. The zero-order valence-electron chi connectivity index (χ0n) is 15.0. The number of amides is 1. The summed E-state index contributed by atoms with van der Waals surface area (Å²) in [6, 6.07) is 8.10. The summed E-state index contributed by atoms with van der Waals surface area (Å²) < 4.78 is 3.85. The molecular formula is C19H22N6O. The smallest absolute Gasteiger partial charge is 0.226 e. The second-order valence-corrected chi connectivity index (χ2v) is 6.82. The molecule has 2 atom stereocenters. The van der Waals surface area contributed by atoms with E-state index in [0.717, 1.165) is 36.3 Å². The maximum atomic E-state index is 13.0. The average Bonchev–Trinajstić information content (AvgIpc) is 3.37. The molecule has 2 unspecified atom stereocenters. The fourth-order valence-corrected chi connectivity index (χ4v) is 3.53. The molecule has 0 saturated heterocycles. The Kier molecular flexibility index (Phi) is 4.28. The number of fused-ring (bicyclic) bond motifs is 1. The van der Waals surface area contributed by atoms with Gasteiger partial charge in [0.2, 0.25) is 5.91 Å². The third-order valence-corrected chi connectivity index (χ3v) is 5.31. The summed E-state index contributed by atoms with van der Waals surface area (Å²) in [5.74, 6) is 0.228. The first-order chi connectivity index (χ1) is 12.6. The molecule has 7 heteroatoms. The van der Waals surface area contributed by atoms with Gasteiger partial charge in [0.15, 0.2) is 0 Å². The van der Waals surface area contributed by atoms with Gasteiger partial charge < -0.3 is 9.47 Å². The lowest BCUT2D eigenvalue weighted by molar-refractivity contribution is -0.136. The van der Waals surface area contributed by atoms with E-state index in [9.17, 15) is 4.79 Å². The van der Waals surface area contributed by atoms with Gasteiger partial charge in [0.1, 0.15) is 12.7 Å². The quantitative estimate of drug-likeness (QED) is 0.724. The number of imidazole rings is 1. The van der Waals surface area contributed by atoms with Crippen molar-refractivity contribution in [2.45, 2.75) is 32.4 Å². The number of hydrogen-bond donors (Lipinski definition) is 0. The van der Waals surface area contributed by atoms with Gasteiger partial charge in [0.25, 0.3) is 0 Å². The highest BCUT2D eigenvalue weighted by Gasteiger charge is 2.29. The highest BCUT2D eigenvalue weighted by atomic mass is 16.2. The van der Waals surface area contributed by atoms with Crippen LogP contribution in [0.25, 0.3) is 5.69 Å². The third-order valence-electron chi connectivity index (χ3n) is 5.31. The number of benzene rings is 1. The van der Waals surface area contributed by atoms with Gasteiger partial charge in [-0.05, 0) is 31.0 Å². The Morgan fingerprint density at radius 1 is 1.23 bits per heavy atom. The molecule has 134 valence electrons. The molecule has 0 N–H and O–H groups in total. The Hall–Kier alpha value is -2.96. The third kappa shape index (κ3) is 3.00. The number of carbonyl (C=O) groups excluding carboxylic acids is 1. The molecule has 2 aromatic heterocycles. The molecule has 3 aromatic rings. The monoisotopic (exact) mass is 350 g/mol. The highest BCUT2D eigenvalue weighted by molar-refractivity contribution is 5.79. The second kappa shape index (κ2) is 6.74.